The van der Waals surface area contributed by atoms with Gasteiger partial charge in [0.25, 0.3) is 0 Å². The highest BCUT2D eigenvalue weighted by Gasteiger charge is 2.46. The van der Waals surface area contributed by atoms with Gasteiger partial charge in [-0.25, -0.2) is 4.79 Å². The van der Waals surface area contributed by atoms with Crippen LogP contribution in [0, 0.1) is 17.8 Å². The summed E-state index contributed by atoms with van der Waals surface area (Å²) < 4.78 is 13.1. The normalized spacial score (nSPS) is 33.8. The van der Waals surface area contributed by atoms with Crippen LogP contribution in [0.15, 0.2) is 48.7 Å². The highest BCUT2D eigenvalue weighted by Crippen LogP contribution is 2.48. The molecular weight excluding hydrogens is 576 g/mol. The number of benzene rings is 2. The van der Waals surface area contributed by atoms with Crippen molar-refractivity contribution >= 4 is 23.3 Å². The van der Waals surface area contributed by atoms with E-state index >= 15 is 0 Å². The second-order valence-corrected chi connectivity index (χ2v) is 14.6. The Morgan fingerprint density at radius 2 is 2.00 bits per heavy atom. The number of anilines is 1. The van der Waals surface area contributed by atoms with Gasteiger partial charge in [-0.05, 0) is 110 Å². The van der Waals surface area contributed by atoms with Gasteiger partial charge in [0.15, 0.2) is 5.60 Å². The molecule has 2 aliphatic carbocycles. The summed E-state index contributed by atoms with van der Waals surface area (Å²) in [4.78, 5) is 17.2. The minimum absolute atomic E-state index is 0.0857. The Kier molecular flexibility index (Phi) is 7.87. The molecule has 5 aliphatic rings. The predicted octanol–water partition coefficient (Wildman–Crippen LogP) is 6.15. The fraction of sp³-hybridized carbons (Fsp3) is 0.583. The molecule has 2 fully saturated rings. The summed E-state index contributed by atoms with van der Waals surface area (Å²) in [5, 5.41) is 23.0. The van der Waals surface area contributed by atoms with Gasteiger partial charge in [0, 0.05) is 55.8 Å². The summed E-state index contributed by atoms with van der Waals surface area (Å²) in [6.45, 7) is 7.94. The number of nitrogens with zero attached hydrogens (tertiary/aromatic N) is 2. The first-order chi connectivity index (χ1) is 21.1. The molecule has 2 aromatic carbocycles. The molecule has 1 saturated carbocycles. The van der Waals surface area contributed by atoms with Crippen molar-refractivity contribution in [3.8, 4) is 5.75 Å². The maximum atomic E-state index is 12.8. The quantitative estimate of drug-likeness (QED) is 0.396. The Bertz CT molecular complexity index is 1450. The third kappa shape index (κ3) is 5.29. The van der Waals surface area contributed by atoms with E-state index in [2.05, 4.69) is 23.6 Å². The number of carboxylic acids is 1. The summed E-state index contributed by atoms with van der Waals surface area (Å²) in [6, 6.07) is 11.7. The van der Waals surface area contributed by atoms with Crippen molar-refractivity contribution in [1.29, 1.82) is 0 Å². The van der Waals surface area contributed by atoms with Crippen molar-refractivity contribution in [2.75, 3.05) is 44.8 Å². The highest BCUT2D eigenvalue weighted by atomic mass is 35.5. The van der Waals surface area contributed by atoms with Crippen molar-refractivity contribution in [1.82, 2.24) is 4.90 Å². The first-order valence-corrected chi connectivity index (χ1v) is 16.8. The van der Waals surface area contributed by atoms with E-state index in [1.54, 1.807) is 6.07 Å². The largest absolute Gasteiger partial charge is 0.490 e. The number of aliphatic carboxylic acids is 1. The summed E-state index contributed by atoms with van der Waals surface area (Å²) >= 11 is 6.44. The van der Waals surface area contributed by atoms with Crippen LogP contribution in [0.1, 0.15) is 68.1 Å². The van der Waals surface area contributed by atoms with Crippen LogP contribution in [0.4, 0.5) is 5.69 Å². The molecule has 0 radical (unpaired) electrons. The first-order valence-electron chi connectivity index (χ1n) is 16.4. The fourth-order valence-corrected chi connectivity index (χ4v) is 8.89. The summed E-state index contributed by atoms with van der Waals surface area (Å²) in [5.74, 6) is 1.03. The Morgan fingerprint density at radius 1 is 1.14 bits per heavy atom. The topological polar surface area (TPSA) is 82.5 Å². The molecule has 6 atom stereocenters. The number of hydrogen-bond acceptors (Lipinski definition) is 6. The number of ether oxygens (including phenoxy) is 2. The molecule has 3 heterocycles. The highest BCUT2D eigenvalue weighted by molar-refractivity contribution is 6.30. The number of aliphatic hydroxyl groups is 1. The molecular formula is C36H45ClN2O5. The molecule has 7 nitrogen and oxygen atoms in total. The fourth-order valence-electron chi connectivity index (χ4n) is 8.69. The molecule has 3 aliphatic heterocycles. The number of aryl methyl sites for hydroxylation is 1. The number of carboxylic acid groups (broad SMARTS) is 1. The van der Waals surface area contributed by atoms with Crippen molar-refractivity contribution in [3.05, 3.63) is 70.4 Å². The standard InChI is InChI=1S/C36H45ClN2O5/c1-23-19-36(42,34(40)41)27-6-10-32-31(18-27)39(21-35(22-44-32)13-3-4-25-17-28(37)7-9-30(25)35)20-26-5-8-29(26)33-16-24(12-15-43-33)11-14-38(23)2/h6-7,9-10,17-18,24,26,29,33,42H,1,3-5,8,11-16,19-22H2,2H3,(H,40,41)/t24-,26+,29-,33+,35+,36+/m1/s1. The average Bonchev–Trinajstić information content (AvgIpc) is 3.14. The lowest BCUT2D eigenvalue weighted by molar-refractivity contribution is -0.160. The van der Waals surface area contributed by atoms with Gasteiger partial charge in [-0.3, -0.25) is 0 Å². The molecule has 0 unspecified atom stereocenters. The smallest absolute Gasteiger partial charge is 0.340 e. The van der Waals surface area contributed by atoms with Gasteiger partial charge < -0.3 is 29.5 Å². The van der Waals surface area contributed by atoms with Crippen LogP contribution in [-0.4, -0.2) is 67.1 Å². The summed E-state index contributed by atoms with van der Waals surface area (Å²) in [7, 11) is 1.95. The number of rotatable bonds is 1. The second-order valence-electron chi connectivity index (χ2n) is 14.2. The third-order valence-corrected chi connectivity index (χ3v) is 11.8. The van der Waals surface area contributed by atoms with E-state index in [4.69, 9.17) is 21.1 Å². The third-order valence-electron chi connectivity index (χ3n) is 11.6. The number of halogens is 1. The molecule has 7 rings (SSSR count). The van der Waals surface area contributed by atoms with Crippen molar-refractivity contribution in [2.45, 2.75) is 74.9 Å². The van der Waals surface area contributed by atoms with Crippen LogP contribution >= 0.6 is 11.6 Å². The van der Waals surface area contributed by atoms with Crippen LogP contribution in [0.25, 0.3) is 0 Å². The van der Waals surface area contributed by atoms with E-state index in [1.165, 1.54) is 17.5 Å². The maximum absolute atomic E-state index is 12.8. The molecule has 0 amide bonds. The zero-order chi connectivity index (χ0) is 30.6. The van der Waals surface area contributed by atoms with E-state index in [-0.39, 0.29) is 17.9 Å². The van der Waals surface area contributed by atoms with E-state index < -0.39 is 11.6 Å². The molecule has 236 valence electrons. The van der Waals surface area contributed by atoms with Crippen LogP contribution in [-0.2, 0) is 27.0 Å². The number of carbonyl (C=O) groups is 1. The lowest BCUT2D eigenvalue weighted by Crippen LogP contribution is -2.50. The minimum Gasteiger partial charge on any atom is -0.490 e. The van der Waals surface area contributed by atoms with Crippen molar-refractivity contribution in [3.63, 3.8) is 0 Å². The van der Waals surface area contributed by atoms with Crippen LogP contribution < -0.4 is 9.64 Å². The lowest BCUT2D eigenvalue weighted by atomic mass is 9.67. The van der Waals surface area contributed by atoms with Crippen LogP contribution in [0.5, 0.6) is 5.75 Å². The van der Waals surface area contributed by atoms with Crippen molar-refractivity contribution < 1.29 is 24.5 Å². The van der Waals surface area contributed by atoms with Gasteiger partial charge in [0.05, 0.1) is 18.4 Å². The lowest BCUT2D eigenvalue weighted by Gasteiger charge is -2.48. The summed E-state index contributed by atoms with van der Waals surface area (Å²) in [5.41, 5.74) is 2.10. The van der Waals surface area contributed by atoms with E-state index in [9.17, 15) is 15.0 Å². The van der Waals surface area contributed by atoms with Gasteiger partial charge in [-0.15, -0.1) is 0 Å². The molecule has 8 heteroatoms. The minimum atomic E-state index is -2.11. The van der Waals surface area contributed by atoms with Crippen molar-refractivity contribution in [2.24, 2.45) is 17.8 Å². The van der Waals surface area contributed by atoms with Gasteiger partial charge in [-0.2, -0.15) is 0 Å². The van der Waals surface area contributed by atoms with Gasteiger partial charge in [-0.1, -0.05) is 30.3 Å². The van der Waals surface area contributed by atoms with E-state index in [0.29, 0.717) is 35.6 Å². The SMILES string of the molecule is C=C1C[C@@](O)(C(=O)O)c2ccc3c(c2)N(C[C@@H]2CC[C@H]2[C@@H]2C[C@@H](CCO2)CCN1C)C[C@@]1(CCCc2cc(Cl)ccc21)CO3. The van der Waals surface area contributed by atoms with E-state index in [0.717, 1.165) is 87.6 Å². The van der Waals surface area contributed by atoms with E-state index in [1.807, 2.05) is 30.1 Å². The predicted molar refractivity (Wildman–Crippen MR) is 171 cm³/mol. The molecule has 0 aromatic heterocycles. The van der Waals surface area contributed by atoms with Gasteiger partial charge in [0.2, 0.25) is 0 Å². The molecule has 1 saturated heterocycles. The molecule has 1 spiro atoms. The number of hydrogen-bond donors (Lipinski definition) is 2. The zero-order valence-electron chi connectivity index (χ0n) is 25.8. The Hall–Kier alpha value is -2.74. The Balaban J connectivity index is 1.32. The zero-order valence-corrected chi connectivity index (χ0v) is 26.5. The van der Waals surface area contributed by atoms with Crippen LogP contribution in [0.3, 0.4) is 0 Å². The number of fused-ring (bicyclic) bond motifs is 7. The Morgan fingerprint density at radius 3 is 2.80 bits per heavy atom. The maximum Gasteiger partial charge on any atom is 0.340 e. The first kappa shape index (κ1) is 29.9. The molecule has 44 heavy (non-hydrogen) atoms. The second kappa shape index (κ2) is 11.6. The Labute approximate surface area is 265 Å². The summed E-state index contributed by atoms with van der Waals surface area (Å²) in [6.07, 6.45) is 8.73. The van der Waals surface area contributed by atoms with Gasteiger partial charge in [0.1, 0.15) is 5.75 Å². The molecule has 2 aromatic rings. The molecule has 2 N–H and O–H groups in total. The molecule has 4 bridgehead atoms. The van der Waals surface area contributed by atoms with Crippen LogP contribution in [0.2, 0.25) is 5.02 Å². The average molecular weight is 621 g/mol. The van der Waals surface area contributed by atoms with Gasteiger partial charge >= 0.3 is 5.97 Å². The monoisotopic (exact) mass is 620 g/mol.